The first-order valence-electron chi connectivity index (χ1n) is 3.83. The van der Waals surface area contributed by atoms with E-state index in [0.717, 1.165) is 19.3 Å². The lowest BCUT2D eigenvalue weighted by molar-refractivity contribution is 0.189. The summed E-state index contributed by atoms with van der Waals surface area (Å²) in [6.45, 7) is 2.08. The van der Waals surface area contributed by atoms with E-state index < -0.39 is 6.09 Å². The Hall–Kier alpha value is -0.990. The number of hydrogen-bond acceptors (Lipinski definition) is 1. The zero-order valence-electron chi connectivity index (χ0n) is 6.63. The highest BCUT2D eigenvalue weighted by Crippen LogP contribution is 2.16. The summed E-state index contributed by atoms with van der Waals surface area (Å²) in [5.41, 5.74) is 1.37. The Bertz CT molecular complexity index is 187. The van der Waals surface area contributed by atoms with E-state index in [1.807, 2.05) is 0 Å². The van der Waals surface area contributed by atoms with Crippen LogP contribution >= 0.6 is 0 Å². The van der Waals surface area contributed by atoms with E-state index in [-0.39, 0.29) is 6.04 Å². The largest absolute Gasteiger partial charge is 0.465 e. The van der Waals surface area contributed by atoms with Gasteiger partial charge in [-0.15, -0.1) is 0 Å². The smallest absolute Gasteiger partial charge is 0.404 e. The molecule has 1 unspecified atom stereocenters. The Morgan fingerprint density at radius 3 is 3.00 bits per heavy atom. The molecule has 0 aromatic carbocycles. The molecule has 0 aromatic heterocycles. The average molecular weight is 155 g/mol. The van der Waals surface area contributed by atoms with E-state index in [9.17, 15) is 4.79 Å². The van der Waals surface area contributed by atoms with Gasteiger partial charge in [0.15, 0.2) is 0 Å². The zero-order valence-corrected chi connectivity index (χ0v) is 6.63. The van der Waals surface area contributed by atoms with E-state index in [4.69, 9.17) is 5.11 Å². The van der Waals surface area contributed by atoms with Crippen molar-refractivity contribution in [3.63, 3.8) is 0 Å². The third-order valence-electron chi connectivity index (χ3n) is 1.97. The van der Waals surface area contributed by atoms with Gasteiger partial charge >= 0.3 is 6.09 Å². The van der Waals surface area contributed by atoms with E-state index >= 15 is 0 Å². The zero-order chi connectivity index (χ0) is 8.27. The van der Waals surface area contributed by atoms with Crippen LogP contribution in [0.4, 0.5) is 4.79 Å². The molecule has 11 heavy (non-hydrogen) atoms. The average Bonchev–Trinajstić information content (AvgIpc) is 1.93. The van der Waals surface area contributed by atoms with Gasteiger partial charge in [-0.05, 0) is 26.2 Å². The van der Waals surface area contributed by atoms with Crippen LogP contribution in [0.25, 0.3) is 0 Å². The van der Waals surface area contributed by atoms with E-state index in [2.05, 4.69) is 18.3 Å². The maximum Gasteiger partial charge on any atom is 0.404 e. The van der Waals surface area contributed by atoms with E-state index in [1.165, 1.54) is 5.57 Å². The Balaban J connectivity index is 2.35. The van der Waals surface area contributed by atoms with Crippen molar-refractivity contribution in [3.05, 3.63) is 11.6 Å². The normalized spacial score (nSPS) is 24.1. The Morgan fingerprint density at radius 2 is 2.55 bits per heavy atom. The van der Waals surface area contributed by atoms with Crippen molar-refractivity contribution in [2.75, 3.05) is 0 Å². The minimum Gasteiger partial charge on any atom is -0.465 e. The summed E-state index contributed by atoms with van der Waals surface area (Å²) in [5, 5.41) is 10.9. The molecule has 1 amide bonds. The van der Waals surface area contributed by atoms with Crippen molar-refractivity contribution in [3.8, 4) is 0 Å². The van der Waals surface area contributed by atoms with Gasteiger partial charge in [0, 0.05) is 6.04 Å². The number of allylic oxidation sites excluding steroid dienone is 1. The van der Waals surface area contributed by atoms with Crippen LogP contribution in [0.5, 0.6) is 0 Å². The number of rotatable bonds is 1. The fraction of sp³-hybridized carbons (Fsp3) is 0.625. The van der Waals surface area contributed by atoms with Gasteiger partial charge in [-0.25, -0.2) is 4.79 Å². The van der Waals surface area contributed by atoms with Crippen molar-refractivity contribution in [2.24, 2.45) is 0 Å². The summed E-state index contributed by atoms with van der Waals surface area (Å²) in [7, 11) is 0. The predicted molar refractivity (Wildman–Crippen MR) is 42.6 cm³/mol. The van der Waals surface area contributed by atoms with Gasteiger partial charge in [-0.1, -0.05) is 11.6 Å². The van der Waals surface area contributed by atoms with Gasteiger partial charge in [-0.2, -0.15) is 0 Å². The minimum absolute atomic E-state index is 0.135. The third-order valence-corrected chi connectivity index (χ3v) is 1.97. The fourth-order valence-corrected chi connectivity index (χ4v) is 1.27. The third kappa shape index (κ3) is 2.62. The summed E-state index contributed by atoms with van der Waals surface area (Å²) in [6.07, 6.45) is 3.99. The molecule has 1 rings (SSSR count). The van der Waals surface area contributed by atoms with Crippen LogP contribution in [0.15, 0.2) is 11.6 Å². The Labute approximate surface area is 66.1 Å². The minimum atomic E-state index is -0.914. The standard InChI is InChI=1S/C8H13NO2/c1-6-2-4-7(5-3-6)9-8(10)11/h2,7,9H,3-5H2,1H3,(H,10,11). The van der Waals surface area contributed by atoms with Crippen molar-refractivity contribution in [1.82, 2.24) is 5.32 Å². The first-order chi connectivity index (χ1) is 5.18. The van der Waals surface area contributed by atoms with Gasteiger partial charge in [-0.3, -0.25) is 0 Å². The Kier molecular flexibility index (Phi) is 2.52. The molecule has 0 saturated heterocycles. The molecule has 3 heteroatoms. The fourth-order valence-electron chi connectivity index (χ4n) is 1.27. The van der Waals surface area contributed by atoms with Crippen LogP contribution in [0, 0.1) is 0 Å². The van der Waals surface area contributed by atoms with Gasteiger partial charge in [0.05, 0.1) is 0 Å². The summed E-state index contributed by atoms with van der Waals surface area (Å²) in [5.74, 6) is 0. The van der Waals surface area contributed by atoms with Gasteiger partial charge in [0.2, 0.25) is 0 Å². The van der Waals surface area contributed by atoms with Crippen molar-refractivity contribution < 1.29 is 9.90 Å². The predicted octanol–water partition coefficient (Wildman–Crippen LogP) is 1.75. The van der Waals surface area contributed by atoms with Crippen molar-refractivity contribution >= 4 is 6.09 Å². The highest BCUT2D eigenvalue weighted by molar-refractivity contribution is 5.64. The summed E-state index contributed by atoms with van der Waals surface area (Å²) < 4.78 is 0. The molecule has 62 valence electrons. The molecule has 0 spiro atoms. The van der Waals surface area contributed by atoms with Gasteiger partial charge in [0.25, 0.3) is 0 Å². The molecular weight excluding hydrogens is 142 g/mol. The van der Waals surface area contributed by atoms with Crippen LogP contribution in [0.1, 0.15) is 26.2 Å². The summed E-state index contributed by atoms with van der Waals surface area (Å²) in [6, 6.07) is 0.135. The number of hydrogen-bond donors (Lipinski definition) is 2. The maximum atomic E-state index is 10.2. The quantitative estimate of drug-likeness (QED) is 0.567. The number of carboxylic acid groups (broad SMARTS) is 1. The first-order valence-corrected chi connectivity index (χ1v) is 3.83. The molecule has 0 heterocycles. The van der Waals surface area contributed by atoms with E-state index in [0.29, 0.717) is 0 Å². The lowest BCUT2D eigenvalue weighted by Crippen LogP contribution is -2.34. The molecule has 1 atom stereocenters. The molecule has 0 aliphatic heterocycles. The molecule has 2 N–H and O–H groups in total. The topological polar surface area (TPSA) is 49.3 Å². The molecule has 0 aromatic rings. The second-order valence-corrected chi connectivity index (χ2v) is 2.97. The molecule has 0 bridgehead atoms. The van der Waals surface area contributed by atoms with E-state index in [1.54, 1.807) is 0 Å². The first kappa shape index (κ1) is 8.11. The van der Waals surface area contributed by atoms with Crippen LogP contribution in [0.3, 0.4) is 0 Å². The Morgan fingerprint density at radius 1 is 1.82 bits per heavy atom. The number of carbonyl (C=O) groups is 1. The van der Waals surface area contributed by atoms with Crippen LogP contribution in [-0.4, -0.2) is 17.2 Å². The highest BCUT2D eigenvalue weighted by Gasteiger charge is 2.13. The molecule has 1 aliphatic rings. The van der Waals surface area contributed by atoms with Crippen LogP contribution < -0.4 is 5.32 Å². The second-order valence-electron chi connectivity index (χ2n) is 2.97. The number of nitrogens with one attached hydrogen (secondary N) is 1. The van der Waals surface area contributed by atoms with Crippen LogP contribution in [-0.2, 0) is 0 Å². The molecule has 1 aliphatic carbocycles. The second kappa shape index (κ2) is 3.42. The van der Waals surface area contributed by atoms with Gasteiger partial charge < -0.3 is 10.4 Å². The lowest BCUT2D eigenvalue weighted by atomic mass is 9.96. The lowest BCUT2D eigenvalue weighted by Gasteiger charge is -2.19. The molecule has 0 radical (unpaired) electrons. The number of amides is 1. The summed E-state index contributed by atoms with van der Waals surface area (Å²) in [4.78, 5) is 10.2. The molecule has 3 nitrogen and oxygen atoms in total. The molecular formula is C8H13NO2. The highest BCUT2D eigenvalue weighted by atomic mass is 16.4. The van der Waals surface area contributed by atoms with Crippen molar-refractivity contribution in [2.45, 2.75) is 32.2 Å². The SMILES string of the molecule is CC1=CCC(NC(=O)O)CC1. The molecule has 0 saturated carbocycles. The van der Waals surface area contributed by atoms with Gasteiger partial charge in [0.1, 0.15) is 0 Å². The molecule has 0 fully saturated rings. The monoisotopic (exact) mass is 155 g/mol. The summed E-state index contributed by atoms with van der Waals surface area (Å²) >= 11 is 0. The maximum absolute atomic E-state index is 10.2. The van der Waals surface area contributed by atoms with Crippen molar-refractivity contribution in [1.29, 1.82) is 0 Å². The van der Waals surface area contributed by atoms with Crippen LogP contribution in [0.2, 0.25) is 0 Å².